The van der Waals surface area contributed by atoms with Crippen LogP contribution < -0.4 is 0 Å². The lowest BCUT2D eigenvalue weighted by Gasteiger charge is -2.13. The Balaban J connectivity index is 1.82. The zero-order valence-corrected chi connectivity index (χ0v) is 17.4. The van der Waals surface area contributed by atoms with Crippen molar-refractivity contribution >= 4 is 28.5 Å². The molecule has 1 saturated heterocycles. The summed E-state index contributed by atoms with van der Waals surface area (Å²) in [6.07, 6.45) is -2.78. The highest BCUT2D eigenvalue weighted by Crippen LogP contribution is 2.33. The van der Waals surface area contributed by atoms with Gasteiger partial charge < -0.3 is 0 Å². The first-order valence-electron chi connectivity index (χ1n) is 9.32. The molecule has 1 atom stereocenters. The van der Waals surface area contributed by atoms with E-state index in [0.29, 0.717) is 22.0 Å². The van der Waals surface area contributed by atoms with Crippen LogP contribution in [0.1, 0.15) is 23.6 Å². The third kappa shape index (κ3) is 5.61. The second-order valence-corrected chi connectivity index (χ2v) is 7.99. The van der Waals surface area contributed by atoms with E-state index in [4.69, 9.17) is 0 Å². The molecule has 1 unspecified atom stereocenters. The maximum atomic E-state index is 13.1. The van der Waals surface area contributed by atoms with Gasteiger partial charge >= 0.3 is 6.18 Å². The van der Waals surface area contributed by atoms with E-state index in [1.165, 1.54) is 29.2 Å². The Bertz CT molecular complexity index is 1030. The van der Waals surface area contributed by atoms with Gasteiger partial charge in [0.15, 0.2) is 5.17 Å². The zero-order valence-electron chi connectivity index (χ0n) is 16.6. The molecule has 162 valence electrons. The molecule has 31 heavy (non-hydrogen) atoms. The summed E-state index contributed by atoms with van der Waals surface area (Å²) in [5.74, 6) is -0.634. The average molecular weight is 449 g/mol. The molecule has 0 aromatic heterocycles. The van der Waals surface area contributed by atoms with E-state index in [1.807, 2.05) is 0 Å². The molecule has 0 bridgehead atoms. The van der Waals surface area contributed by atoms with Gasteiger partial charge in [-0.3, -0.25) is 9.69 Å². The van der Waals surface area contributed by atoms with Crippen LogP contribution in [0.4, 0.5) is 17.6 Å². The predicted octanol–water partition coefficient (Wildman–Crippen LogP) is 5.30. The second kappa shape index (κ2) is 9.47. The summed E-state index contributed by atoms with van der Waals surface area (Å²) in [5, 5.41) is 8.03. The van der Waals surface area contributed by atoms with Gasteiger partial charge in [-0.2, -0.15) is 18.3 Å². The van der Waals surface area contributed by atoms with Crippen LogP contribution in [0.2, 0.25) is 0 Å². The maximum absolute atomic E-state index is 13.1. The van der Waals surface area contributed by atoms with Gasteiger partial charge in [0.05, 0.1) is 16.5 Å². The minimum Gasteiger partial charge on any atom is -0.285 e. The molecule has 0 saturated carbocycles. The van der Waals surface area contributed by atoms with Gasteiger partial charge in [0, 0.05) is 6.54 Å². The first-order chi connectivity index (χ1) is 14.7. The fourth-order valence-corrected chi connectivity index (χ4v) is 4.11. The van der Waals surface area contributed by atoms with E-state index in [2.05, 4.69) is 16.8 Å². The minimum atomic E-state index is -4.45. The summed E-state index contributed by atoms with van der Waals surface area (Å²) in [5.41, 5.74) is 0.861. The summed E-state index contributed by atoms with van der Waals surface area (Å²) in [6.45, 7) is 5.55. The van der Waals surface area contributed by atoms with E-state index < -0.39 is 17.0 Å². The third-order valence-electron chi connectivity index (χ3n) is 4.55. The summed E-state index contributed by atoms with van der Waals surface area (Å²) in [7, 11) is 0. The number of hydrogen-bond donors (Lipinski definition) is 0. The van der Waals surface area contributed by atoms with Crippen molar-refractivity contribution in [3.8, 4) is 0 Å². The summed E-state index contributed by atoms with van der Waals surface area (Å²) >= 11 is 1.14. The van der Waals surface area contributed by atoms with Gasteiger partial charge in [-0.15, -0.1) is 11.7 Å². The fraction of sp³-hybridized carbons (Fsp3) is 0.227. The second-order valence-electron chi connectivity index (χ2n) is 6.82. The monoisotopic (exact) mass is 449 g/mol. The molecule has 1 heterocycles. The quantitative estimate of drug-likeness (QED) is 0.260. The lowest BCUT2D eigenvalue weighted by molar-refractivity contribution is -0.137. The molecule has 1 amide bonds. The molecule has 0 spiro atoms. The van der Waals surface area contributed by atoms with Crippen molar-refractivity contribution in [3.05, 3.63) is 83.7 Å². The van der Waals surface area contributed by atoms with Crippen LogP contribution in [-0.4, -0.2) is 33.5 Å². The zero-order chi connectivity index (χ0) is 22.6. The maximum Gasteiger partial charge on any atom is 0.416 e. The number of amidine groups is 1. The Morgan fingerprint density at radius 2 is 1.94 bits per heavy atom. The number of rotatable bonds is 6. The number of halogens is 4. The number of hydrogen-bond acceptors (Lipinski definition) is 4. The van der Waals surface area contributed by atoms with E-state index in [0.717, 1.165) is 23.9 Å². The molecule has 0 N–H and O–H groups in total. The average Bonchev–Trinajstić information content (AvgIpc) is 3.01. The number of carbonyl (C=O) groups excluding carboxylic acids is 1. The molecule has 3 rings (SSSR count). The summed E-state index contributed by atoms with van der Waals surface area (Å²) in [4.78, 5) is 14.2. The van der Waals surface area contributed by atoms with Gasteiger partial charge in [-0.1, -0.05) is 48.2 Å². The van der Waals surface area contributed by atoms with Gasteiger partial charge in [-0.25, -0.2) is 4.39 Å². The van der Waals surface area contributed by atoms with E-state index >= 15 is 0 Å². The van der Waals surface area contributed by atoms with Crippen molar-refractivity contribution in [3.63, 3.8) is 0 Å². The first kappa shape index (κ1) is 22.7. The largest absolute Gasteiger partial charge is 0.416 e. The Hall–Kier alpha value is -2.94. The molecule has 2 aromatic carbocycles. The Labute approximate surface area is 181 Å². The molecule has 0 radical (unpaired) electrons. The molecule has 1 fully saturated rings. The summed E-state index contributed by atoms with van der Waals surface area (Å²) in [6, 6.07) is 10.7. The predicted molar refractivity (Wildman–Crippen MR) is 114 cm³/mol. The van der Waals surface area contributed by atoms with Gasteiger partial charge in [0.25, 0.3) is 0 Å². The van der Waals surface area contributed by atoms with Crippen molar-refractivity contribution in [2.24, 2.45) is 10.2 Å². The first-order valence-corrected chi connectivity index (χ1v) is 10.2. The molecule has 2 aromatic rings. The van der Waals surface area contributed by atoms with Crippen molar-refractivity contribution < 1.29 is 22.4 Å². The van der Waals surface area contributed by atoms with E-state index in [1.54, 1.807) is 25.1 Å². The molecular formula is C22H19F4N3OS. The van der Waals surface area contributed by atoms with Crippen molar-refractivity contribution in [1.82, 2.24) is 4.90 Å². The van der Waals surface area contributed by atoms with Crippen molar-refractivity contribution in [2.45, 2.75) is 24.8 Å². The molecule has 4 nitrogen and oxygen atoms in total. The number of alkyl halides is 3. The molecule has 9 heteroatoms. The molecule has 0 aliphatic carbocycles. The Morgan fingerprint density at radius 1 is 1.23 bits per heavy atom. The lowest BCUT2D eigenvalue weighted by Crippen LogP contribution is -2.32. The Morgan fingerprint density at radius 3 is 2.58 bits per heavy atom. The normalized spacial score (nSPS) is 18.7. The smallest absolute Gasteiger partial charge is 0.285 e. The van der Waals surface area contributed by atoms with Gasteiger partial charge in [0.1, 0.15) is 5.82 Å². The highest BCUT2D eigenvalue weighted by molar-refractivity contribution is 8.15. The van der Waals surface area contributed by atoms with Crippen molar-refractivity contribution in [2.75, 3.05) is 6.54 Å². The number of benzene rings is 2. The summed E-state index contributed by atoms with van der Waals surface area (Å²) < 4.78 is 52.0. The topological polar surface area (TPSA) is 45.0 Å². The minimum absolute atomic E-state index is 0.126. The highest BCUT2D eigenvalue weighted by atomic mass is 32.2. The molecule has 1 aliphatic rings. The third-order valence-corrected chi connectivity index (χ3v) is 5.72. The van der Waals surface area contributed by atoms with Crippen LogP contribution in [0.3, 0.4) is 0 Å². The molecular weight excluding hydrogens is 430 g/mol. The van der Waals surface area contributed by atoms with Crippen LogP contribution >= 0.6 is 11.8 Å². The standard InChI is InChI=1S/C22H19F4N3OS/c1-3-11-29-20(30)19(13-15-5-4-6-17(12-15)22(24,25)26)31-21(29)28-27-14(2)16-7-9-18(23)10-8-16/h3-10,12,19H,1,11,13H2,2H3/b27-14-,28-21-. The van der Waals surface area contributed by atoms with E-state index in [9.17, 15) is 22.4 Å². The lowest BCUT2D eigenvalue weighted by atomic mass is 10.1. The van der Waals surface area contributed by atoms with Crippen LogP contribution in [-0.2, 0) is 17.4 Å². The van der Waals surface area contributed by atoms with Gasteiger partial charge in [0.2, 0.25) is 5.91 Å². The number of carbonyl (C=O) groups is 1. The van der Waals surface area contributed by atoms with E-state index in [-0.39, 0.29) is 24.7 Å². The van der Waals surface area contributed by atoms with Crippen molar-refractivity contribution in [1.29, 1.82) is 0 Å². The molecule has 1 aliphatic heterocycles. The van der Waals surface area contributed by atoms with Gasteiger partial charge in [-0.05, 0) is 42.7 Å². The SMILES string of the molecule is C=CCN1C(=O)C(Cc2cccc(C(F)(F)F)c2)S/C1=N\N=C(\C)c1ccc(F)cc1. The van der Waals surface area contributed by atoms with Crippen LogP contribution in [0.25, 0.3) is 0 Å². The van der Waals surface area contributed by atoms with Crippen LogP contribution in [0.5, 0.6) is 0 Å². The number of thioether (sulfide) groups is 1. The highest BCUT2D eigenvalue weighted by Gasteiger charge is 2.38. The Kier molecular flexibility index (Phi) is 6.94. The number of nitrogens with zero attached hydrogens (tertiary/aromatic N) is 3. The fourth-order valence-electron chi connectivity index (χ4n) is 2.97. The van der Waals surface area contributed by atoms with Crippen LogP contribution in [0.15, 0.2) is 71.4 Å². The van der Waals surface area contributed by atoms with Crippen LogP contribution in [0, 0.1) is 5.82 Å². The number of amides is 1.